The van der Waals surface area contributed by atoms with Gasteiger partial charge in [-0.1, -0.05) is 93.3 Å². The van der Waals surface area contributed by atoms with Gasteiger partial charge in [-0.05, 0) is 17.5 Å². The standard InChI is InChI=1S/2C10H10N2O2.C8H17NO/c2*13-9-6-11-10(14)12(9)7-8-4-2-1-3-5-8;1-2-3-4-5-6-7-8(9)10/h2*1-5H,6-7H2,(H,11,14);2-7H2,1H3,(H2,9,10). The molecule has 10 heteroatoms. The Bertz CT molecular complexity index is 956. The lowest BCUT2D eigenvalue weighted by Gasteiger charge is -2.11. The van der Waals surface area contributed by atoms with Crippen LogP contribution >= 0.6 is 0 Å². The highest BCUT2D eigenvalue weighted by molar-refractivity contribution is 6.02. The number of nitrogens with two attached hydrogens (primary N) is 1. The van der Waals surface area contributed by atoms with Crippen LogP contribution in [0.25, 0.3) is 0 Å². The second-order valence-electron chi connectivity index (χ2n) is 8.88. The van der Waals surface area contributed by atoms with E-state index in [1.165, 1.54) is 29.1 Å². The molecule has 2 aliphatic heterocycles. The highest BCUT2D eigenvalue weighted by atomic mass is 16.2. The number of rotatable bonds is 10. The van der Waals surface area contributed by atoms with Gasteiger partial charge in [-0.3, -0.25) is 24.2 Å². The third kappa shape index (κ3) is 10.8. The average molecular weight is 524 g/mol. The molecule has 2 saturated heterocycles. The molecule has 4 N–H and O–H groups in total. The predicted octanol–water partition coefficient (Wildman–Crippen LogP) is 3.31. The van der Waals surface area contributed by atoms with Crippen LogP contribution in [0.3, 0.4) is 0 Å². The Morgan fingerprint density at radius 1 is 0.711 bits per heavy atom. The molecule has 2 aliphatic rings. The van der Waals surface area contributed by atoms with E-state index in [0.717, 1.165) is 24.0 Å². The fourth-order valence-electron chi connectivity index (χ4n) is 3.67. The van der Waals surface area contributed by atoms with E-state index in [9.17, 15) is 24.0 Å². The minimum Gasteiger partial charge on any atom is -0.370 e. The summed E-state index contributed by atoms with van der Waals surface area (Å²) in [5.41, 5.74) is 6.88. The number of imide groups is 2. The Morgan fingerprint density at radius 2 is 1.13 bits per heavy atom. The van der Waals surface area contributed by atoms with Gasteiger partial charge in [0, 0.05) is 6.42 Å². The van der Waals surface area contributed by atoms with E-state index >= 15 is 0 Å². The molecule has 0 aliphatic carbocycles. The van der Waals surface area contributed by atoms with Crippen molar-refractivity contribution in [2.24, 2.45) is 5.73 Å². The number of hydrogen-bond donors (Lipinski definition) is 3. The van der Waals surface area contributed by atoms with E-state index in [1.54, 1.807) is 0 Å². The number of carbonyl (C=O) groups is 5. The van der Waals surface area contributed by atoms with Crippen LogP contribution in [0.15, 0.2) is 60.7 Å². The summed E-state index contributed by atoms with van der Waals surface area (Å²) in [6.07, 6.45) is 6.44. The molecule has 0 unspecified atom stereocenters. The van der Waals surface area contributed by atoms with Gasteiger partial charge in [0.05, 0.1) is 26.2 Å². The van der Waals surface area contributed by atoms with Crippen LogP contribution < -0.4 is 16.4 Å². The summed E-state index contributed by atoms with van der Waals surface area (Å²) in [5, 5.41) is 4.95. The fraction of sp³-hybridized carbons (Fsp3) is 0.393. The van der Waals surface area contributed by atoms with E-state index in [4.69, 9.17) is 5.73 Å². The van der Waals surface area contributed by atoms with Crippen LogP contribution in [-0.4, -0.2) is 52.7 Å². The number of carbonyl (C=O) groups excluding carboxylic acids is 5. The van der Waals surface area contributed by atoms with Crippen molar-refractivity contribution in [1.82, 2.24) is 20.4 Å². The van der Waals surface area contributed by atoms with Gasteiger partial charge in [0.1, 0.15) is 0 Å². The second-order valence-corrected chi connectivity index (χ2v) is 8.88. The molecule has 2 aromatic rings. The maximum Gasteiger partial charge on any atom is 0.324 e. The zero-order chi connectivity index (χ0) is 27.8. The predicted molar refractivity (Wildman–Crippen MR) is 143 cm³/mol. The average Bonchev–Trinajstić information content (AvgIpc) is 3.41. The Morgan fingerprint density at radius 3 is 1.47 bits per heavy atom. The van der Waals surface area contributed by atoms with Crippen LogP contribution in [0, 0.1) is 0 Å². The van der Waals surface area contributed by atoms with Gasteiger partial charge in [-0.2, -0.15) is 0 Å². The molecule has 0 aromatic heterocycles. The van der Waals surface area contributed by atoms with E-state index in [1.807, 2.05) is 60.7 Å². The fourth-order valence-corrected chi connectivity index (χ4v) is 3.67. The summed E-state index contributed by atoms with van der Waals surface area (Å²) in [6.45, 7) is 3.11. The van der Waals surface area contributed by atoms with Crippen LogP contribution in [0.4, 0.5) is 9.59 Å². The molecule has 0 bridgehead atoms. The summed E-state index contributed by atoms with van der Waals surface area (Å²) in [7, 11) is 0. The summed E-state index contributed by atoms with van der Waals surface area (Å²) in [5.74, 6) is -0.505. The highest BCUT2D eigenvalue weighted by Gasteiger charge is 2.28. The van der Waals surface area contributed by atoms with E-state index in [2.05, 4.69) is 17.6 Å². The number of hydrogen-bond acceptors (Lipinski definition) is 5. The summed E-state index contributed by atoms with van der Waals surface area (Å²) < 4.78 is 0. The quantitative estimate of drug-likeness (QED) is 0.324. The molecule has 7 amide bonds. The number of urea groups is 2. The van der Waals surface area contributed by atoms with Crippen molar-refractivity contribution in [3.63, 3.8) is 0 Å². The lowest BCUT2D eigenvalue weighted by atomic mass is 10.1. The van der Waals surface area contributed by atoms with Crippen molar-refractivity contribution in [1.29, 1.82) is 0 Å². The van der Waals surface area contributed by atoms with Crippen molar-refractivity contribution >= 4 is 29.8 Å². The molecule has 10 nitrogen and oxygen atoms in total. The normalized spacial score (nSPS) is 14.2. The number of nitrogens with zero attached hydrogens (tertiary/aromatic N) is 2. The molecule has 0 atom stereocenters. The van der Waals surface area contributed by atoms with E-state index in [-0.39, 0.29) is 42.9 Å². The SMILES string of the molecule is CCCCCCCC(N)=O.O=C1CNC(=O)N1Cc1ccccc1.O=C1CNC(=O)N1Cc1ccccc1. The molecule has 0 spiro atoms. The van der Waals surface area contributed by atoms with Crippen molar-refractivity contribution in [2.45, 2.75) is 58.5 Å². The third-order valence-electron chi connectivity index (χ3n) is 5.77. The number of benzene rings is 2. The van der Waals surface area contributed by atoms with Crippen molar-refractivity contribution in [3.8, 4) is 0 Å². The zero-order valence-electron chi connectivity index (χ0n) is 21.9. The first kappa shape index (κ1) is 30.0. The van der Waals surface area contributed by atoms with E-state index < -0.39 is 0 Å². The highest BCUT2D eigenvalue weighted by Crippen LogP contribution is 2.09. The molecule has 38 heavy (non-hydrogen) atoms. The number of unbranched alkanes of at least 4 members (excludes halogenated alkanes) is 4. The molecule has 4 rings (SSSR count). The molecular weight excluding hydrogens is 486 g/mol. The largest absolute Gasteiger partial charge is 0.370 e. The zero-order valence-corrected chi connectivity index (χ0v) is 21.9. The molecular formula is C28H37N5O5. The molecule has 204 valence electrons. The first-order chi connectivity index (χ1) is 18.3. The summed E-state index contributed by atoms with van der Waals surface area (Å²) >= 11 is 0. The van der Waals surface area contributed by atoms with Gasteiger partial charge in [0.2, 0.25) is 17.7 Å². The van der Waals surface area contributed by atoms with Crippen LogP contribution in [0.2, 0.25) is 0 Å². The van der Waals surface area contributed by atoms with Crippen molar-refractivity contribution in [3.05, 3.63) is 71.8 Å². The van der Waals surface area contributed by atoms with Gasteiger partial charge in [-0.25, -0.2) is 9.59 Å². The molecule has 0 saturated carbocycles. The molecule has 0 radical (unpaired) electrons. The molecule has 2 aromatic carbocycles. The van der Waals surface area contributed by atoms with Crippen molar-refractivity contribution < 1.29 is 24.0 Å². The van der Waals surface area contributed by atoms with Crippen LogP contribution in [0.1, 0.15) is 56.6 Å². The first-order valence-electron chi connectivity index (χ1n) is 12.8. The maximum atomic E-state index is 11.2. The van der Waals surface area contributed by atoms with Gasteiger partial charge >= 0.3 is 12.1 Å². The summed E-state index contributed by atoms with van der Waals surface area (Å²) in [4.78, 5) is 57.5. The van der Waals surface area contributed by atoms with Gasteiger partial charge in [-0.15, -0.1) is 0 Å². The van der Waals surface area contributed by atoms with Crippen molar-refractivity contribution in [2.75, 3.05) is 13.1 Å². The number of primary amides is 1. The van der Waals surface area contributed by atoms with Gasteiger partial charge < -0.3 is 16.4 Å². The Balaban J connectivity index is 0.000000204. The monoisotopic (exact) mass is 523 g/mol. The molecule has 2 heterocycles. The first-order valence-corrected chi connectivity index (χ1v) is 12.8. The summed E-state index contributed by atoms with van der Waals surface area (Å²) in [6, 6.07) is 18.3. The van der Waals surface area contributed by atoms with E-state index in [0.29, 0.717) is 19.5 Å². The lowest BCUT2D eigenvalue weighted by Crippen LogP contribution is -2.30. The van der Waals surface area contributed by atoms with Crippen LogP contribution in [-0.2, 0) is 27.5 Å². The number of amides is 7. The smallest absolute Gasteiger partial charge is 0.324 e. The van der Waals surface area contributed by atoms with Crippen LogP contribution in [0.5, 0.6) is 0 Å². The van der Waals surface area contributed by atoms with Gasteiger partial charge in [0.25, 0.3) is 0 Å². The number of nitrogens with one attached hydrogen (secondary N) is 2. The topological polar surface area (TPSA) is 142 Å². The maximum absolute atomic E-state index is 11.2. The molecule has 2 fully saturated rings. The second kappa shape index (κ2) is 16.5. The Labute approximate surface area is 223 Å². The minimum atomic E-state index is -0.307. The third-order valence-corrected chi connectivity index (χ3v) is 5.77. The Kier molecular flexibility index (Phi) is 13.0. The Hall–Kier alpha value is -4.21. The minimum absolute atomic E-state index is 0.117. The van der Waals surface area contributed by atoms with Gasteiger partial charge in [0.15, 0.2) is 0 Å². The lowest BCUT2D eigenvalue weighted by molar-refractivity contribution is -0.126.